The highest BCUT2D eigenvalue weighted by Gasteiger charge is 2.34. The SMILES string of the molecule is Cn1cnnc1CNC(=O)N1CCNC(=O)C1CC(=O)O. The van der Waals surface area contributed by atoms with Crippen LogP contribution in [0.4, 0.5) is 4.79 Å². The van der Waals surface area contributed by atoms with Gasteiger partial charge in [0.05, 0.1) is 13.0 Å². The second-order valence-electron chi connectivity index (χ2n) is 4.61. The smallest absolute Gasteiger partial charge is 0.318 e. The molecule has 1 atom stereocenters. The summed E-state index contributed by atoms with van der Waals surface area (Å²) in [5.41, 5.74) is 0. The first-order chi connectivity index (χ1) is 9.99. The predicted octanol–water partition coefficient (Wildman–Crippen LogP) is -1.70. The molecule has 2 heterocycles. The van der Waals surface area contributed by atoms with Gasteiger partial charge in [-0.05, 0) is 0 Å². The van der Waals surface area contributed by atoms with E-state index < -0.39 is 30.4 Å². The van der Waals surface area contributed by atoms with Crippen LogP contribution in [-0.2, 0) is 23.2 Å². The van der Waals surface area contributed by atoms with Gasteiger partial charge in [0, 0.05) is 20.1 Å². The Kier molecular flexibility index (Phi) is 4.36. The van der Waals surface area contributed by atoms with Gasteiger partial charge in [0.25, 0.3) is 0 Å². The normalized spacial score (nSPS) is 18.2. The van der Waals surface area contributed by atoms with Gasteiger partial charge < -0.3 is 25.2 Å². The van der Waals surface area contributed by atoms with Crippen LogP contribution in [0.3, 0.4) is 0 Å². The fraction of sp³-hybridized carbons (Fsp3) is 0.545. The van der Waals surface area contributed by atoms with E-state index in [1.807, 2.05) is 0 Å². The van der Waals surface area contributed by atoms with Crippen molar-refractivity contribution >= 4 is 17.9 Å². The highest BCUT2D eigenvalue weighted by atomic mass is 16.4. The summed E-state index contributed by atoms with van der Waals surface area (Å²) in [5.74, 6) is -1.04. The lowest BCUT2D eigenvalue weighted by atomic mass is 10.1. The molecule has 114 valence electrons. The number of carboxylic acid groups (broad SMARTS) is 1. The van der Waals surface area contributed by atoms with E-state index in [0.29, 0.717) is 12.4 Å². The second-order valence-corrected chi connectivity index (χ2v) is 4.61. The molecule has 0 aromatic carbocycles. The molecule has 1 unspecified atom stereocenters. The molecule has 1 fully saturated rings. The molecule has 1 aromatic rings. The van der Waals surface area contributed by atoms with Crippen molar-refractivity contribution in [1.29, 1.82) is 0 Å². The van der Waals surface area contributed by atoms with Gasteiger partial charge >= 0.3 is 12.0 Å². The first-order valence-electron chi connectivity index (χ1n) is 6.36. The zero-order valence-corrected chi connectivity index (χ0v) is 11.4. The third-order valence-electron chi connectivity index (χ3n) is 3.16. The zero-order valence-electron chi connectivity index (χ0n) is 11.4. The maximum Gasteiger partial charge on any atom is 0.318 e. The van der Waals surface area contributed by atoms with Crippen LogP contribution in [0.5, 0.6) is 0 Å². The monoisotopic (exact) mass is 296 g/mol. The fourth-order valence-corrected chi connectivity index (χ4v) is 2.05. The third kappa shape index (κ3) is 3.46. The van der Waals surface area contributed by atoms with Gasteiger partial charge in [0.2, 0.25) is 5.91 Å². The highest BCUT2D eigenvalue weighted by Crippen LogP contribution is 2.09. The number of nitrogens with zero attached hydrogens (tertiary/aromatic N) is 4. The minimum atomic E-state index is -1.14. The molecule has 3 amide bonds. The van der Waals surface area contributed by atoms with E-state index in [2.05, 4.69) is 20.8 Å². The largest absolute Gasteiger partial charge is 0.481 e. The van der Waals surface area contributed by atoms with E-state index in [-0.39, 0.29) is 13.1 Å². The quantitative estimate of drug-likeness (QED) is 0.607. The average molecular weight is 296 g/mol. The van der Waals surface area contributed by atoms with E-state index >= 15 is 0 Å². The molecule has 1 saturated heterocycles. The Bertz CT molecular complexity index is 557. The summed E-state index contributed by atoms with van der Waals surface area (Å²) in [6.07, 6.45) is 1.08. The molecule has 0 saturated carbocycles. The Morgan fingerprint density at radius 3 is 2.95 bits per heavy atom. The summed E-state index contributed by atoms with van der Waals surface area (Å²) in [4.78, 5) is 35.9. The number of aryl methyl sites for hydroxylation is 1. The van der Waals surface area contributed by atoms with Gasteiger partial charge in [0.15, 0.2) is 5.82 Å². The minimum absolute atomic E-state index is 0.146. The fourth-order valence-electron chi connectivity index (χ4n) is 2.05. The molecule has 21 heavy (non-hydrogen) atoms. The molecular weight excluding hydrogens is 280 g/mol. The van der Waals surface area contributed by atoms with Gasteiger partial charge in [-0.3, -0.25) is 9.59 Å². The van der Waals surface area contributed by atoms with Gasteiger partial charge in [-0.15, -0.1) is 10.2 Å². The Morgan fingerprint density at radius 2 is 2.33 bits per heavy atom. The maximum absolute atomic E-state index is 12.1. The average Bonchev–Trinajstić information content (AvgIpc) is 2.83. The maximum atomic E-state index is 12.1. The first-order valence-corrected chi connectivity index (χ1v) is 6.36. The summed E-state index contributed by atoms with van der Waals surface area (Å²) in [6.45, 7) is 0.702. The predicted molar refractivity (Wildman–Crippen MR) is 69.0 cm³/mol. The Balaban J connectivity index is 2.00. The van der Waals surface area contributed by atoms with Crippen molar-refractivity contribution in [3.05, 3.63) is 12.2 Å². The van der Waals surface area contributed by atoms with Gasteiger partial charge in [-0.25, -0.2) is 4.79 Å². The van der Waals surface area contributed by atoms with Crippen molar-refractivity contribution in [2.24, 2.45) is 7.05 Å². The van der Waals surface area contributed by atoms with Crippen LogP contribution in [0.15, 0.2) is 6.33 Å². The molecule has 2 rings (SSSR count). The Morgan fingerprint density at radius 1 is 1.57 bits per heavy atom. The standard InChI is InChI=1S/C11H16N6O4/c1-16-6-14-15-8(16)5-13-11(21)17-3-2-12-10(20)7(17)4-9(18)19/h6-7H,2-5H2,1H3,(H,12,20)(H,13,21)(H,18,19). The van der Waals surface area contributed by atoms with Crippen LogP contribution in [-0.4, -0.2) is 61.8 Å². The van der Waals surface area contributed by atoms with Crippen LogP contribution < -0.4 is 10.6 Å². The Labute approximate surface area is 120 Å². The number of amides is 3. The lowest BCUT2D eigenvalue weighted by molar-refractivity contribution is -0.142. The first kappa shape index (κ1) is 14.8. The van der Waals surface area contributed by atoms with Gasteiger partial charge in [0.1, 0.15) is 12.4 Å². The molecule has 0 radical (unpaired) electrons. The summed E-state index contributed by atoms with van der Waals surface area (Å²) in [6, 6.07) is -1.50. The van der Waals surface area contributed by atoms with E-state index in [0.717, 1.165) is 0 Å². The van der Waals surface area contributed by atoms with Crippen LogP contribution in [0.1, 0.15) is 12.2 Å². The number of piperazine rings is 1. The zero-order chi connectivity index (χ0) is 15.4. The van der Waals surface area contributed by atoms with Crippen molar-refractivity contribution in [1.82, 2.24) is 30.3 Å². The summed E-state index contributed by atoms with van der Waals surface area (Å²) in [7, 11) is 1.74. The topological polar surface area (TPSA) is 129 Å². The molecule has 3 N–H and O–H groups in total. The van der Waals surface area contributed by atoms with Crippen LogP contribution in [0, 0.1) is 0 Å². The number of nitrogens with one attached hydrogen (secondary N) is 2. The van der Waals surface area contributed by atoms with Crippen LogP contribution >= 0.6 is 0 Å². The summed E-state index contributed by atoms with van der Waals surface area (Å²) < 4.78 is 1.65. The number of hydrogen-bond donors (Lipinski definition) is 3. The van der Waals surface area contributed by atoms with Crippen LogP contribution in [0.25, 0.3) is 0 Å². The van der Waals surface area contributed by atoms with E-state index in [1.165, 1.54) is 11.2 Å². The number of urea groups is 1. The molecule has 0 spiro atoms. The number of rotatable bonds is 4. The van der Waals surface area contributed by atoms with E-state index in [1.54, 1.807) is 11.6 Å². The summed E-state index contributed by atoms with van der Waals surface area (Å²) in [5, 5.41) is 21.5. The molecule has 0 bridgehead atoms. The molecule has 0 aliphatic carbocycles. The molecule has 10 nitrogen and oxygen atoms in total. The number of carbonyl (C=O) groups excluding carboxylic acids is 2. The van der Waals surface area contributed by atoms with Crippen molar-refractivity contribution in [3.8, 4) is 0 Å². The van der Waals surface area contributed by atoms with Crippen molar-refractivity contribution in [2.75, 3.05) is 13.1 Å². The molecule has 1 aliphatic rings. The lowest BCUT2D eigenvalue weighted by Gasteiger charge is -2.34. The van der Waals surface area contributed by atoms with E-state index in [9.17, 15) is 14.4 Å². The number of aromatic nitrogens is 3. The van der Waals surface area contributed by atoms with Crippen molar-refractivity contribution < 1.29 is 19.5 Å². The molecule has 1 aliphatic heterocycles. The summed E-state index contributed by atoms with van der Waals surface area (Å²) >= 11 is 0. The van der Waals surface area contributed by atoms with Crippen molar-refractivity contribution in [2.45, 2.75) is 19.0 Å². The minimum Gasteiger partial charge on any atom is -0.481 e. The lowest BCUT2D eigenvalue weighted by Crippen LogP contribution is -2.59. The van der Waals surface area contributed by atoms with E-state index in [4.69, 9.17) is 5.11 Å². The van der Waals surface area contributed by atoms with Gasteiger partial charge in [-0.1, -0.05) is 0 Å². The number of aliphatic carboxylic acids is 1. The third-order valence-corrected chi connectivity index (χ3v) is 3.16. The number of hydrogen-bond acceptors (Lipinski definition) is 5. The van der Waals surface area contributed by atoms with Gasteiger partial charge in [-0.2, -0.15) is 0 Å². The highest BCUT2D eigenvalue weighted by molar-refractivity contribution is 5.91. The molecule has 1 aromatic heterocycles. The van der Waals surface area contributed by atoms with Crippen molar-refractivity contribution in [3.63, 3.8) is 0 Å². The Hall–Kier alpha value is -2.65. The molecular formula is C11H16N6O4. The number of carboxylic acids is 1. The van der Waals surface area contributed by atoms with Crippen LogP contribution in [0.2, 0.25) is 0 Å². The number of carbonyl (C=O) groups is 3. The molecule has 10 heteroatoms. The second kappa shape index (κ2) is 6.20.